The van der Waals surface area contributed by atoms with Gasteiger partial charge >= 0.3 is 53.6 Å². The van der Waals surface area contributed by atoms with Crippen LogP contribution in [0.25, 0.3) is 0 Å². The summed E-state index contributed by atoms with van der Waals surface area (Å²) >= 11 is 0. The Hall–Kier alpha value is -2.58. The van der Waals surface area contributed by atoms with Gasteiger partial charge in [0.1, 0.15) is 0 Å². The van der Waals surface area contributed by atoms with Gasteiger partial charge in [-0.25, -0.2) is 4.79 Å². The van der Waals surface area contributed by atoms with Crippen LogP contribution in [0.4, 0.5) is 74.6 Å². The lowest BCUT2D eigenvalue weighted by molar-refractivity contribution is -0.461. The number of halogens is 17. The standard InChI is InChI=1S/C15H8F17NO4/c16-8(17,4-3-7(36)37-33-5(34)1-2-6(33)35)9(18,19)10(20,21)11(22,23)12(24,25)13(26,27)14(28,29)15(30,31)32/h1-4H2. The topological polar surface area (TPSA) is 63.7 Å². The Morgan fingerprint density at radius 1 is 0.595 bits per heavy atom. The van der Waals surface area contributed by atoms with E-state index in [0.29, 0.717) is 0 Å². The highest BCUT2D eigenvalue weighted by atomic mass is 19.4. The van der Waals surface area contributed by atoms with Gasteiger partial charge in [-0.2, -0.15) is 74.6 Å². The average molecular weight is 589 g/mol. The molecule has 216 valence electrons. The predicted octanol–water partition coefficient (Wildman–Crippen LogP) is 5.38. The third-order valence-electron chi connectivity index (χ3n) is 4.63. The highest BCUT2D eigenvalue weighted by Gasteiger charge is 2.95. The van der Waals surface area contributed by atoms with Gasteiger partial charge in [-0.05, 0) is 0 Å². The number of imide groups is 1. The second-order valence-corrected chi connectivity index (χ2v) is 7.19. The van der Waals surface area contributed by atoms with Gasteiger partial charge in [-0.15, -0.1) is 5.06 Å². The number of hydrogen-bond acceptors (Lipinski definition) is 4. The van der Waals surface area contributed by atoms with E-state index in [9.17, 15) is 89.0 Å². The minimum absolute atomic E-state index is 0.398. The number of alkyl halides is 17. The number of nitrogens with zero attached hydrogens (tertiary/aromatic N) is 1. The first-order valence-corrected chi connectivity index (χ1v) is 8.82. The number of carbonyl (C=O) groups is 3. The van der Waals surface area contributed by atoms with Crippen LogP contribution >= 0.6 is 0 Å². The number of hydrogen-bond donors (Lipinski definition) is 0. The third kappa shape index (κ3) is 4.74. The molecule has 0 aliphatic carbocycles. The molecule has 0 aromatic rings. The summed E-state index contributed by atoms with van der Waals surface area (Å²) in [7, 11) is 0. The van der Waals surface area contributed by atoms with Gasteiger partial charge in [-0.3, -0.25) is 9.59 Å². The van der Waals surface area contributed by atoms with Crippen molar-refractivity contribution in [3.63, 3.8) is 0 Å². The molecule has 0 aromatic heterocycles. The normalized spacial score (nSPS) is 17.5. The zero-order valence-corrected chi connectivity index (χ0v) is 16.8. The van der Waals surface area contributed by atoms with Crippen molar-refractivity contribution >= 4 is 17.8 Å². The fraction of sp³-hybridized carbons (Fsp3) is 0.800. The van der Waals surface area contributed by atoms with Gasteiger partial charge in [0, 0.05) is 19.3 Å². The van der Waals surface area contributed by atoms with Crippen molar-refractivity contribution in [2.24, 2.45) is 0 Å². The number of amides is 2. The van der Waals surface area contributed by atoms with E-state index in [1.807, 2.05) is 0 Å². The van der Waals surface area contributed by atoms with Gasteiger partial charge in [0.2, 0.25) is 0 Å². The molecule has 5 nitrogen and oxygen atoms in total. The Morgan fingerprint density at radius 2 is 0.919 bits per heavy atom. The van der Waals surface area contributed by atoms with Crippen molar-refractivity contribution in [1.29, 1.82) is 0 Å². The maximum atomic E-state index is 13.7. The summed E-state index contributed by atoms with van der Waals surface area (Å²) in [5.41, 5.74) is 0. The van der Waals surface area contributed by atoms with Gasteiger partial charge in [-0.1, -0.05) is 0 Å². The molecule has 0 saturated carbocycles. The summed E-state index contributed by atoms with van der Waals surface area (Å²) in [5.74, 6) is -62.4. The minimum Gasteiger partial charge on any atom is -0.330 e. The first kappa shape index (κ1) is 32.4. The Kier molecular flexibility index (Phi) is 7.91. The van der Waals surface area contributed by atoms with Gasteiger partial charge in [0.15, 0.2) is 0 Å². The maximum absolute atomic E-state index is 13.7. The SMILES string of the molecule is O=C(CCC(F)(F)C(F)(F)C(F)(F)C(F)(F)C(F)(F)C(F)(F)C(F)(F)C(F)(F)F)ON1C(=O)CCC1=O. The molecule has 37 heavy (non-hydrogen) atoms. The lowest BCUT2D eigenvalue weighted by Gasteiger charge is -2.42. The van der Waals surface area contributed by atoms with Crippen LogP contribution in [0.2, 0.25) is 0 Å². The van der Waals surface area contributed by atoms with E-state index in [1.54, 1.807) is 0 Å². The summed E-state index contributed by atoms with van der Waals surface area (Å²) in [5, 5.41) is -0.398. The number of rotatable bonds is 10. The van der Waals surface area contributed by atoms with Crippen LogP contribution in [-0.4, -0.2) is 70.5 Å². The molecule has 0 spiro atoms. The number of carbonyl (C=O) groups excluding carboxylic acids is 3. The fourth-order valence-corrected chi connectivity index (χ4v) is 2.42. The molecule has 0 bridgehead atoms. The first-order valence-electron chi connectivity index (χ1n) is 8.82. The van der Waals surface area contributed by atoms with Crippen molar-refractivity contribution in [3.05, 3.63) is 0 Å². The van der Waals surface area contributed by atoms with E-state index in [2.05, 4.69) is 4.84 Å². The first-order chi connectivity index (χ1) is 16.0. The smallest absolute Gasteiger partial charge is 0.330 e. The van der Waals surface area contributed by atoms with Crippen LogP contribution < -0.4 is 0 Å². The lowest BCUT2D eigenvalue weighted by Crippen LogP contribution is -2.74. The summed E-state index contributed by atoms with van der Waals surface area (Å²) in [4.78, 5) is 37.5. The average Bonchev–Trinajstić information content (AvgIpc) is 3.02. The van der Waals surface area contributed by atoms with Crippen LogP contribution in [0.5, 0.6) is 0 Å². The molecule has 0 N–H and O–H groups in total. The van der Waals surface area contributed by atoms with Crippen LogP contribution in [-0.2, 0) is 19.2 Å². The van der Waals surface area contributed by atoms with Crippen LogP contribution in [0, 0.1) is 0 Å². The molecule has 1 aliphatic rings. The summed E-state index contributed by atoms with van der Waals surface area (Å²) < 4.78 is 223. The molecule has 0 unspecified atom stereocenters. The molecule has 2 amide bonds. The molecule has 0 atom stereocenters. The van der Waals surface area contributed by atoms with Crippen molar-refractivity contribution in [1.82, 2.24) is 5.06 Å². The van der Waals surface area contributed by atoms with Crippen molar-refractivity contribution in [2.75, 3.05) is 0 Å². The Balaban J connectivity index is 3.30. The summed E-state index contributed by atoms with van der Waals surface area (Å²) in [6.07, 6.45) is -14.4. The molecular weight excluding hydrogens is 581 g/mol. The Labute approximate surface area is 191 Å². The molecule has 1 rings (SSSR count). The Morgan fingerprint density at radius 3 is 1.27 bits per heavy atom. The fourth-order valence-electron chi connectivity index (χ4n) is 2.42. The summed E-state index contributed by atoms with van der Waals surface area (Å²) in [6, 6.07) is 0. The van der Waals surface area contributed by atoms with Gasteiger partial charge in [0.05, 0.1) is 6.42 Å². The lowest BCUT2D eigenvalue weighted by atomic mass is 9.88. The predicted molar refractivity (Wildman–Crippen MR) is 77.1 cm³/mol. The molecule has 0 aromatic carbocycles. The van der Waals surface area contributed by atoms with Crippen molar-refractivity contribution < 1.29 is 93.9 Å². The maximum Gasteiger partial charge on any atom is 0.460 e. The van der Waals surface area contributed by atoms with E-state index in [1.165, 1.54) is 0 Å². The molecule has 22 heteroatoms. The zero-order valence-electron chi connectivity index (χ0n) is 16.8. The number of hydroxylamine groups is 2. The van der Waals surface area contributed by atoms with Crippen LogP contribution in [0.3, 0.4) is 0 Å². The van der Waals surface area contributed by atoms with E-state index in [0.717, 1.165) is 0 Å². The molecule has 1 heterocycles. The molecular formula is C15H8F17NO4. The van der Waals surface area contributed by atoms with Crippen molar-refractivity contribution in [3.8, 4) is 0 Å². The molecule has 0 radical (unpaired) electrons. The van der Waals surface area contributed by atoms with E-state index < -0.39 is 96.2 Å². The van der Waals surface area contributed by atoms with Gasteiger partial charge in [0.25, 0.3) is 11.8 Å². The highest BCUT2D eigenvalue weighted by Crippen LogP contribution is 2.64. The van der Waals surface area contributed by atoms with E-state index in [-0.39, 0.29) is 0 Å². The van der Waals surface area contributed by atoms with Crippen LogP contribution in [0.15, 0.2) is 0 Å². The van der Waals surface area contributed by atoms with E-state index >= 15 is 0 Å². The molecule has 1 aliphatic heterocycles. The molecule has 1 saturated heterocycles. The summed E-state index contributed by atoms with van der Waals surface area (Å²) in [6.45, 7) is 0. The highest BCUT2D eigenvalue weighted by molar-refractivity contribution is 6.01. The third-order valence-corrected chi connectivity index (χ3v) is 4.63. The van der Waals surface area contributed by atoms with Crippen LogP contribution in [0.1, 0.15) is 25.7 Å². The van der Waals surface area contributed by atoms with E-state index in [4.69, 9.17) is 0 Å². The second kappa shape index (κ2) is 9.02. The molecule has 1 fully saturated rings. The Bertz CT molecular complexity index is 910. The zero-order chi connectivity index (χ0) is 29.8. The largest absolute Gasteiger partial charge is 0.460 e. The minimum atomic E-state index is -8.75. The van der Waals surface area contributed by atoms with Crippen molar-refractivity contribution in [2.45, 2.75) is 73.3 Å². The quantitative estimate of drug-likeness (QED) is 0.254. The van der Waals surface area contributed by atoms with Gasteiger partial charge < -0.3 is 4.84 Å². The second-order valence-electron chi connectivity index (χ2n) is 7.19. The monoisotopic (exact) mass is 589 g/mol.